The monoisotopic (exact) mass is 583 g/mol. The molecule has 1 aliphatic carbocycles. The van der Waals surface area contributed by atoms with Crippen LogP contribution in [0.2, 0.25) is 4.47 Å². The average Bonchev–Trinajstić information content (AvgIpc) is 3.53. The van der Waals surface area contributed by atoms with Gasteiger partial charge in [0.25, 0.3) is 0 Å². The Morgan fingerprint density at radius 1 is 1.18 bits per heavy atom. The second-order valence-electron chi connectivity index (χ2n) is 9.77. The molecule has 5 rings (SSSR count). The number of fused-ring (bicyclic) bond motifs is 1. The standard InChI is InChI=1S/C26H28ClF2N3O4S2/c1-36-19-5-7-20(8-6-19)38(34,35)32-14-2-3-22(32)24(33)31(18-10-12-26(28,29)13-11-18)16-17-4-9-23-21(15-17)30-25(27)37-23/h4-9,15,18,22H,2-3,10-14,16H2,1H3/t22-/m0/s1. The highest BCUT2D eigenvalue weighted by molar-refractivity contribution is 7.89. The number of sulfonamides is 1. The van der Waals surface area contributed by atoms with Crippen molar-refractivity contribution in [3.63, 3.8) is 0 Å². The second kappa shape index (κ2) is 10.7. The summed E-state index contributed by atoms with van der Waals surface area (Å²) in [6.45, 7) is 0.387. The Kier molecular flexibility index (Phi) is 7.65. The highest BCUT2D eigenvalue weighted by atomic mass is 35.5. The van der Waals surface area contributed by atoms with Gasteiger partial charge in [-0.2, -0.15) is 4.31 Å². The molecule has 1 aromatic heterocycles. The van der Waals surface area contributed by atoms with E-state index in [1.807, 2.05) is 18.2 Å². The van der Waals surface area contributed by atoms with E-state index < -0.39 is 28.0 Å². The predicted molar refractivity (Wildman–Crippen MR) is 142 cm³/mol. The largest absolute Gasteiger partial charge is 0.497 e. The van der Waals surface area contributed by atoms with Crippen LogP contribution in [0.5, 0.6) is 5.75 Å². The third-order valence-corrected chi connectivity index (χ3v) is 10.4. The van der Waals surface area contributed by atoms with Crippen LogP contribution >= 0.6 is 22.9 Å². The summed E-state index contributed by atoms with van der Waals surface area (Å²) in [7, 11) is -2.46. The molecular formula is C26H28ClF2N3O4S2. The number of ether oxygens (including phenoxy) is 1. The average molecular weight is 584 g/mol. The summed E-state index contributed by atoms with van der Waals surface area (Å²) in [5.74, 6) is -2.58. The number of amides is 1. The van der Waals surface area contributed by atoms with E-state index in [2.05, 4.69) is 4.98 Å². The van der Waals surface area contributed by atoms with Crippen molar-refractivity contribution in [3.8, 4) is 5.75 Å². The van der Waals surface area contributed by atoms with Crippen LogP contribution in [-0.2, 0) is 21.4 Å². The van der Waals surface area contributed by atoms with Crippen LogP contribution in [0.15, 0.2) is 47.4 Å². The van der Waals surface area contributed by atoms with Crippen LogP contribution in [-0.4, -0.2) is 60.2 Å². The molecule has 2 aromatic carbocycles. The number of halogens is 3. The van der Waals surface area contributed by atoms with Crippen LogP contribution in [0, 0.1) is 0 Å². The molecule has 1 aliphatic heterocycles. The Bertz CT molecular complexity index is 1420. The number of nitrogens with zero attached hydrogens (tertiary/aromatic N) is 3. The molecule has 1 amide bonds. The van der Waals surface area contributed by atoms with E-state index in [9.17, 15) is 22.0 Å². The fraction of sp³-hybridized carbons (Fsp3) is 0.462. The number of hydrogen-bond donors (Lipinski definition) is 0. The molecule has 12 heteroatoms. The first kappa shape index (κ1) is 27.2. The minimum absolute atomic E-state index is 0.0766. The van der Waals surface area contributed by atoms with Gasteiger partial charge in [-0.05, 0) is 67.6 Å². The minimum atomic E-state index is -3.95. The third kappa shape index (κ3) is 5.52. The van der Waals surface area contributed by atoms with E-state index in [0.29, 0.717) is 28.6 Å². The highest BCUT2D eigenvalue weighted by Crippen LogP contribution is 2.37. The lowest BCUT2D eigenvalue weighted by molar-refractivity contribution is -0.141. The van der Waals surface area contributed by atoms with Crippen molar-refractivity contribution >= 4 is 49.1 Å². The van der Waals surface area contributed by atoms with Crippen molar-refractivity contribution in [2.75, 3.05) is 13.7 Å². The van der Waals surface area contributed by atoms with Gasteiger partial charge in [0.05, 0.1) is 22.2 Å². The number of rotatable bonds is 7. The van der Waals surface area contributed by atoms with Gasteiger partial charge in [0.15, 0.2) is 4.47 Å². The Morgan fingerprint density at radius 3 is 2.58 bits per heavy atom. The number of benzene rings is 2. The Labute approximate surface area is 229 Å². The first-order valence-corrected chi connectivity index (χ1v) is 15.1. The lowest BCUT2D eigenvalue weighted by Crippen LogP contribution is -2.52. The zero-order valence-electron chi connectivity index (χ0n) is 20.8. The summed E-state index contributed by atoms with van der Waals surface area (Å²) >= 11 is 7.40. The molecule has 0 N–H and O–H groups in total. The van der Waals surface area contributed by atoms with Crippen LogP contribution in [0.4, 0.5) is 8.78 Å². The molecule has 2 fully saturated rings. The summed E-state index contributed by atoms with van der Waals surface area (Å²) in [5, 5.41) is 0. The number of aromatic nitrogens is 1. The molecule has 0 spiro atoms. The molecule has 7 nitrogen and oxygen atoms in total. The van der Waals surface area contributed by atoms with E-state index in [-0.39, 0.29) is 49.6 Å². The van der Waals surface area contributed by atoms with Crippen molar-refractivity contribution in [2.24, 2.45) is 0 Å². The maximum Gasteiger partial charge on any atom is 0.248 e. The maximum atomic E-state index is 14.0. The summed E-state index contributed by atoms with van der Waals surface area (Å²) in [4.78, 5) is 20.0. The topological polar surface area (TPSA) is 79.8 Å². The van der Waals surface area contributed by atoms with Crippen LogP contribution in [0.3, 0.4) is 0 Å². The zero-order chi connectivity index (χ0) is 27.1. The molecule has 1 saturated carbocycles. The number of hydrogen-bond acceptors (Lipinski definition) is 6. The van der Waals surface area contributed by atoms with Gasteiger partial charge >= 0.3 is 0 Å². The number of carbonyl (C=O) groups excluding carboxylic acids is 1. The SMILES string of the molecule is COc1ccc(S(=O)(=O)N2CCC[C@H]2C(=O)N(Cc2ccc3sc(Cl)nc3c2)C2CCC(F)(F)CC2)cc1. The minimum Gasteiger partial charge on any atom is -0.497 e. The first-order valence-electron chi connectivity index (χ1n) is 12.5. The van der Waals surface area contributed by atoms with Gasteiger partial charge in [0.1, 0.15) is 11.8 Å². The van der Waals surface area contributed by atoms with E-state index >= 15 is 0 Å². The van der Waals surface area contributed by atoms with Gasteiger partial charge in [-0.15, -0.1) is 11.3 Å². The third-order valence-electron chi connectivity index (χ3n) is 7.34. The molecule has 2 heterocycles. The maximum absolute atomic E-state index is 14.0. The number of thiazole rings is 1. The summed E-state index contributed by atoms with van der Waals surface area (Å²) in [5.41, 5.74) is 1.48. The molecule has 1 atom stereocenters. The van der Waals surface area contributed by atoms with Gasteiger partial charge in [-0.3, -0.25) is 4.79 Å². The number of carbonyl (C=O) groups is 1. The second-order valence-corrected chi connectivity index (χ2v) is 13.3. The lowest BCUT2D eigenvalue weighted by Gasteiger charge is -2.39. The lowest BCUT2D eigenvalue weighted by atomic mass is 9.90. The normalized spacial score (nSPS) is 20.6. The van der Waals surface area contributed by atoms with E-state index in [1.54, 1.807) is 17.0 Å². The molecule has 204 valence electrons. The van der Waals surface area contributed by atoms with Gasteiger partial charge in [0.2, 0.25) is 21.9 Å². The first-order chi connectivity index (χ1) is 18.1. The number of methoxy groups -OCH3 is 1. The summed E-state index contributed by atoms with van der Waals surface area (Å²) in [6, 6.07) is 10.3. The molecule has 3 aromatic rings. The molecule has 38 heavy (non-hydrogen) atoms. The van der Waals surface area contributed by atoms with Crippen LogP contribution < -0.4 is 4.74 Å². The summed E-state index contributed by atoms with van der Waals surface area (Å²) in [6.07, 6.45) is 0.601. The fourth-order valence-electron chi connectivity index (χ4n) is 5.31. The Morgan fingerprint density at radius 2 is 1.89 bits per heavy atom. The predicted octanol–water partition coefficient (Wildman–Crippen LogP) is 5.72. The molecular weight excluding hydrogens is 556 g/mol. The van der Waals surface area contributed by atoms with Crippen LogP contribution in [0.25, 0.3) is 10.2 Å². The van der Waals surface area contributed by atoms with Crippen LogP contribution in [0.1, 0.15) is 44.1 Å². The smallest absolute Gasteiger partial charge is 0.248 e. The molecule has 2 aliphatic rings. The van der Waals surface area contributed by atoms with Crippen molar-refractivity contribution in [1.82, 2.24) is 14.2 Å². The Hall–Kier alpha value is -2.34. The van der Waals surface area contributed by atoms with Crippen molar-refractivity contribution < 1.29 is 26.7 Å². The van der Waals surface area contributed by atoms with Crippen molar-refractivity contribution in [2.45, 2.75) is 68.0 Å². The van der Waals surface area contributed by atoms with Crippen molar-refractivity contribution in [3.05, 3.63) is 52.5 Å². The molecule has 0 bridgehead atoms. The number of alkyl halides is 2. The van der Waals surface area contributed by atoms with E-state index in [4.69, 9.17) is 16.3 Å². The van der Waals surface area contributed by atoms with Gasteiger partial charge in [-0.25, -0.2) is 22.2 Å². The van der Waals surface area contributed by atoms with Gasteiger partial charge in [-0.1, -0.05) is 17.7 Å². The van der Waals surface area contributed by atoms with Crippen molar-refractivity contribution in [1.29, 1.82) is 0 Å². The fourth-order valence-corrected chi connectivity index (χ4v) is 7.97. The highest BCUT2D eigenvalue weighted by Gasteiger charge is 2.44. The quantitative estimate of drug-likeness (QED) is 0.355. The Balaban J connectivity index is 1.44. The molecule has 1 saturated heterocycles. The van der Waals surface area contributed by atoms with E-state index in [0.717, 1.165) is 10.3 Å². The molecule has 0 radical (unpaired) electrons. The molecule has 0 unspecified atom stereocenters. The van der Waals surface area contributed by atoms with E-state index in [1.165, 1.54) is 34.9 Å². The van der Waals surface area contributed by atoms with Gasteiger partial charge < -0.3 is 9.64 Å². The zero-order valence-corrected chi connectivity index (χ0v) is 23.2. The summed E-state index contributed by atoms with van der Waals surface area (Å²) < 4.78 is 62.7. The van der Waals surface area contributed by atoms with Gasteiger partial charge in [0, 0.05) is 32.0 Å².